The van der Waals surface area contributed by atoms with E-state index in [-0.39, 0.29) is 29.5 Å². The average molecular weight is 403 g/mol. The number of carbonyl (C=O) groups is 2. The minimum Gasteiger partial charge on any atom is -0.508 e. The molecule has 3 rings (SSSR count). The van der Waals surface area contributed by atoms with Crippen LogP contribution >= 0.6 is 11.6 Å². The summed E-state index contributed by atoms with van der Waals surface area (Å²) in [6, 6.07) is 11.3. The number of phenols is 1. The van der Waals surface area contributed by atoms with Gasteiger partial charge in [-0.3, -0.25) is 9.59 Å². The number of phenolic OH excluding ortho intramolecular Hbond substituents is 1. The molecule has 0 spiro atoms. The van der Waals surface area contributed by atoms with Crippen molar-refractivity contribution in [1.29, 1.82) is 0 Å². The Hall–Kier alpha value is -2.57. The molecule has 2 aromatic rings. The van der Waals surface area contributed by atoms with Crippen LogP contribution in [0.25, 0.3) is 0 Å². The summed E-state index contributed by atoms with van der Waals surface area (Å²) in [6.45, 7) is 3.27. The Morgan fingerprint density at radius 3 is 2.68 bits per heavy atom. The Balaban J connectivity index is 1.64. The van der Waals surface area contributed by atoms with Crippen LogP contribution in [0.1, 0.15) is 35.7 Å². The minimum atomic E-state index is -0.313. The predicted octanol–water partition coefficient (Wildman–Crippen LogP) is 3.53. The monoisotopic (exact) mass is 402 g/mol. The SMILES string of the molecule is CC1(NC(=O)c2cccc(NC(=O)Cc3cc(Cl)ccc3O)c2)CCOCC1. The smallest absolute Gasteiger partial charge is 0.251 e. The molecule has 0 radical (unpaired) electrons. The molecule has 0 aromatic heterocycles. The maximum absolute atomic E-state index is 12.6. The van der Waals surface area contributed by atoms with Gasteiger partial charge in [0.15, 0.2) is 0 Å². The number of ether oxygens (including phenoxy) is 1. The second-order valence-corrected chi connectivity index (χ2v) is 7.64. The molecule has 0 aliphatic carbocycles. The van der Waals surface area contributed by atoms with Crippen molar-refractivity contribution in [2.45, 2.75) is 31.7 Å². The van der Waals surface area contributed by atoms with E-state index < -0.39 is 0 Å². The molecule has 28 heavy (non-hydrogen) atoms. The molecule has 0 unspecified atom stereocenters. The van der Waals surface area contributed by atoms with E-state index in [4.69, 9.17) is 16.3 Å². The van der Waals surface area contributed by atoms with Crippen molar-refractivity contribution >= 4 is 29.1 Å². The molecule has 6 nitrogen and oxygen atoms in total. The van der Waals surface area contributed by atoms with Gasteiger partial charge in [-0.2, -0.15) is 0 Å². The van der Waals surface area contributed by atoms with Crippen LogP contribution in [0.15, 0.2) is 42.5 Å². The van der Waals surface area contributed by atoms with Crippen molar-refractivity contribution in [3.8, 4) is 5.75 Å². The summed E-state index contributed by atoms with van der Waals surface area (Å²) in [4.78, 5) is 24.9. The highest BCUT2D eigenvalue weighted by Crippen LogP contribution is 2.23. The summed E-state index contributed by atoms with van der Waals surface area (Å²) >= 11 is 5.91. The van der Waals surface area contributed by atoms with E-state index in [1.807, 2.05) is 6.92 Å². The highest BCUT2D eigenvalue weighted by Gasteiger charge is 2.29. The Labute approximate surface area is 168 Å². The van der Waals surface area contributed by atoms with Gasteiger partial charge in [-0.1, -0.05) is 17.7 Å². The summed E-state index contributed by atoms with van der Waals surface area (Å²) < 4.78 is 5.35. The zero-order valence-electron chi connectivity index (χ0n) is 15.6. The third-order valence-electron chi connectivity index (χ3n) is 4.81. The highest BCUT2D eigenvalue weighted by atomic mass is 35.5. The quantitative estimate of drug-likeness (QED) is 0.714. The lowest BCUT2D eigenvalue weighted by molar-refractivity contribution is -0.115. The van der Waals surface area contributed by atoms with Crippen molar-refractivity contribution < 1.29 is 19.4 Å². The Bertz CT molecular complexity index is 878. The average Bonchev–Trinajstić information content (AvgIpc) is 2.65. The van der Waals surface area contributed by atoms with Crippen molar-refractivity contribution in [2.75, 3.05) is 18.5 Å². The number of halogens is 1. The molecule has 1 aliphatic heterocycles. The molecule has 1 heterocycles. The van der Waals surface area contributed by atoms with Gasteiger partial charge in [0.1, 0.15) is 5.75 Å². The second-order valence-electron chi connectivity index (χ2n) is 7.21. The summed E-state index contributed by atoms with van der Waals surface area (Å²) in [7, 11) is 0. The van der Waals surface area contributed by atoms with Gasteiger partial charge in [-0.15, -0.1) is 0 Å². The molecule has 2 aromatic carbocycles. The van der Waals surface area contributed by atoms with E-state index in [0.29, 0.717) is 35.1 Å². The van der Waals surface area contributed by atoms with E-state index in [1.54, 1.807) is 36.4 Å². The Morgan fingerprint density at radius 2 is 1.93 bits per heavy atom. The van der Waals surface area contributed by atoms with Crippen molar-refractivity contribution in [3.63, 3.8) is 0 Å². The van der Waals surface area contributed by atoms with Gasteiger partial charge in [-0.05, 0) is 56.2 Å². The predicted molar refractivity (Wildman–Crippen MR) is 108 cm³/mol. The van der Waals surface area contributed by atoms with Crippen LogP contribution in [0.3, 0.4) is 0 Å². The van der Waals surface area contributed by atoms with Gasteiger partial charge < -0.3 is 20.5 Å². The zero-order chi connectivity index (χ0) is 20.1. The van der Waals surface area contributed by atoms with Crippen molar-refractivity contribution in [2.24, 2.45) is 0 Å². The fourth-order valence-corrected chi connectivity index (χ4v) is 3.30. The van der Waals surface area contributed by atoms with Crippen LogP contribution in [0.4, 0.5) is 5.69 Å². The first-order valence-electron chi connectivity index (χ1n) is 9.12. The number of aromatic hydroxyl groups is 1. The first-order valence-corrected chi connectivity index (χ1v) is 9.50. The molecular weight excluding hydrogens is 380 g/mol. The summed E-state index contributed by atoms with van der Waals surface area (Å²) in [5.41, 5.74) is 1.12. The van der Waals surface area contributed by atoms with Crippen LogP contribution in [0.5, 0.6) is 5.75 Å². The van der Waals surface area contributed by atoms with Gasteiger partial charge in [0, 0.05) is 40.6 Å². The number of anilines is 1. The lowest BCUT2D eigenvalue weighted by Crippen LogP contribution is -2.49. The van der Waals surface area contributed by atoms with Gasteiger partial charge >= 0.3 is 0 Å². The van der Waals surface area contributed by atoms with E-state index in [9.17, 15) is 14.7 Å². The van der Waals surface area contributed by atoms with Gasteiger partial charge in [0.05, 0.1) is 6.42 Å². The Morgan fingerprint density at radius 1 is 1.18 bits per heavy atom. The van der Waals surface area contributed by atoms with Crippen LogP contribution in [-0.4, -0.2) is 35.7 Å². The fraction of sp³-hybridized carbons (Fsp3) is 0.333. The topological polar surface area (TPSA) is 87.7 Å². The van der Waals surface area contributed by atoms with E-state index in [1.165, 1.54) is 6.07 Å². The molecule has 1 saturated heterocycles. The molecule has 0 saturated carbocycles. The van der Waals surface area contributed by atoms with Crippen LogP contribution < -0.4 is 10.6 Å². The number of carbonyl (C=O) groups excluding carboxylic acids is 2. The molecule has 1 fully saturated rings. The van der Waals surface area contributed by atoms with E-state index in [0.717, 1.165) is 12.8 Å². The lowest BCUT2D eigenvalue weighted by atomic mass is 9.92. The number of nitrogens with one attached hydrogen (secondary N) is 2. The molecule has 2 amide bonds. The number of rotatable bonds is 5. The maximum Gasteiger partial charge on any atom is 0.251 e. The van der Waals surface area contributed by atoms with Crippen LogP contribution in [-0.2, 0) is 16.0 Å². The van der Waals surface area contributed by atoms with Crippen LogP contribution in [0.2, 0.25) is 5.02 Å². The van der Waals surface area contributed by atoms with Crippen LogP contribution in [0, 0.1) is 0 Å². The lowest BCUT2D eigenvalue weighted by Gasteiger charge is -2.34. The third kappa shape index (κ3) is 5.24. The minimum absolute atomic E-state index is 0.0115. The number of amides is 2. The zero-order valence-corrected chi connectivity index (χ0v) is 16.4. The maximum atomic E-state index is 12.6. The number of benzene rings is 2. The first-order chi connectivity index (χ1) is 13.3. The number of hydrogen-bond acceptors (Lipinski definition) is 4. The van der Waals surface area contributed by atoms with Crippen molar-refractivity contribution in [3.05, 3.63) is 58.6 Å². The molecule has 3 N–H and O–H groups in total. The van der Waals surface area contributed by atoms with Crippen molar-refractivity contribution in [1.82, 2.24) is 5.32 Å². The standard InChI is InChI=1S/C21H23ClN2O4/c1-21(7-9-28-10-8-21)24-20(27)14-3-2-4-17(12-14)23-19(26)13-15-11-16(22)5-6-18(15)25/h2-6,11-12,25H,7-10,13H2,1H3,(H,23,26)(H,24,27). The summed E-state index contributed by atoms with van der Waals surface area (Å²) in [6.07, 6.45) is 1.50. The molecular formula is C21H23ClN2O4. The first kappa shape index (κ1) is 20.2. The van der Waals surface area contributed by atoms with E-state index >= 15 is 0 Å². The fourth-order valence-electron chi connectivity index (χ4n) is 3.11. The highest BCUT2D eigenvalue weighted by molar-refractivity contribution is 6.30. The molecule has 7 heteroatoms. The third-order valence-corrected chi connectivity index (χ3v) is 5.05. The summed E-state index contributed by atoms with van der Waals surface area (Å²) in [5, 5.41) is 16.1. The van der Waals surface area contributed by atoms with Gasteiger partial charge in [0.25, 0.3) is 5.91 Å². The normalized spacial score (nSPS) is 15.6. The molecule has 0 atom stereocenters. The molecule has 148 valence electrons. The number of hydrogen-bond donors (Lipinski definition) is 3. The van der Waals surface area contributed by atoms with E-state index in [2.05, 4.69) is 10.6 Å². The Kier molecular flexibility index (Phi) is 6.21. The second kappa shape index (κ2) is 8.63. The molecule has 1 aliphatic rings. The van der Waals surface area contributed by atoms with Gasteiger partial charge in [0.2, 0.25) is 5.91 Å². The largest absolute Gasteiger partial charge is 0.508 e. The van der Waals surface area contributed by atoms with Gasteiger partial charge in [-0.25, -0.2) is 0 Å². The molecule has 0 bridgehead atoms. The summed E-state index contributed by atoms with van der Waals surface area (Å²) in [5.74, 6) is -0.489.